The molecule has 0 radical (unpaired) electrons. The standard InChI is InChI=1S/C21H26O4/c1-21-11-17(25-2)20-14-5-3-12(10-19(23)24)9-13(14)4-6-15(20)16(21)7-8-18(21)22/h3,5,9,15-17,20H,4,6-8,10-11H2,1-2H3,(H,23,24)/t15-,16-,17-,20+,21-/m0/s1. The summed E-state index contributed by atoms with van der Waals surface area (Å²) in [5.41, 5.74) is 3.24. The fraction of sp³-hybridized carbons (Fsp3) is 0.619. The summed E-state index contributed by atoms with van der Waals surface area (Å²) in [6.45, 7) is 2.15. The number of Topliss-reactive ketones (excluding diaryl/α,β-unsaturated/α-hetero) is 1. The smallest absolute Gasteiger partial charge is 0.307 e. The van der Waals surface area contributed by atoms with Crippen LogP contribution in [0, 0.1) is 17.3 Å². The van der Waals surface area contributed by atoms with Gasteiger partial charge in [-0.25, -0.2) is 0 Å². The lowest BCUT2D eigenvalue weighted by Crippen LogP contribution is -2.49. The van der Waals surface area contributed by atoms with E-state index >= 15 is 0 Å². The first-order valence-corrected chi connectivity index (χ1v) is 9.33. The molecule has 0 aliphatic heterocycles. The van der Waals surface area contributed by atoms with Gasteiger partial charge in [-0.3, -0.25) is 9.59 Å². The summed E-state index contributed by atoms with van der Waals surface area (Å²) >= 11 is 0. The van der Waals surface area contributed by atoms with Crippen LogP contribution in [0.1, 0.15) is 55.2 Å². The van der Waals surface area contributed by atoms with Gasteiger partial charge in [0.05, 0.1) is 12.5 Å². The monoisotopic (exact) mass is 342 g/mol. The van der Waals surface area contributed by atoms with Crippen molar-refractivity contribution in [1.82, 2.24) is 0 Å². The average molecular weight is 342 g/mol. The summed E-state index contributed by atoms with van der Waals surface area (Å²) in [4.78, 5) is 23.6. The zero-order valence-corrected chi connectivity index (χ0v) is 15.0. The predicted octanol–water partition coefficient (Wildman–Crippen LogP) is 3.36. The molecule has 0 heterocycles. The third-order valence-electron chi connectivity index (χ3n) is 7.11. The zero-order valence-electron chi connectivity index (χ0n) is 15.0. The molecule has 3 aliphatic rings. The maximum absolute atomic E-state index is 12.5. The Morgan fingerprint density at radius 1 is 1.32 bits per heavy atom. The lowest BCUT2D eigenvalue weighted by molar-refractivity contribution is -0.136. The molecule has 1 aromatic carbocycles. The molecular weight excluding hydrogens is 316 g/mol. The van der Waals surface area contributed by atoms with E-state index < -0.39 is 5.97 Å². The summed E-state index contributed by atoms with van der Waals surface area (Å²) in [7, 11) is 1.76. The fourth-order valence-electron chi connectivity index (χ4n) is 5.97. The highest BCUT2D eigenvalue weighted by atomic mass is 16.5. The van der Waals surface area contributed by atoms with Gasteiger partial charge < -0.3 is 9.84 Å². The molecule has 4 rings (SSSR count). The number of carboxylic acids is 1. The Labute approximate surface area is 148 Å². The molecule has 5 atom stereocenters. The van der Waals surface area contributed by atoms with Gasteiger partial charge in [0, 0.05) is 24.9 Å². The Kier molecular flexibility index (Phi) is 3.99. The third-order valence-corrected chi connectivity index (χ3v) is 7.11. The van der Waals surface area contributed by atoms with E-state index in [1.54, 1.807) is 7.11 Å². The van der Waals surface area contributed by atoms with Crippen LogP contribution < -0.4 is 0 Å². The van der Waals surface area contributed by atoms with Gasteiger partial charge in [-0.1, -0.05) is 25.1 Å². The molecule has 3 aliphatic carbocycles. The minimum atomic E-state index is -0.790. The number of hydrogen-bond donors (Lipinski definition) is 1. The number of ketones is 1. The Morgan fingerprint density at radius 3 is 2.84 bits per heavy atom. The third kappa shape index (κ3) is 2.53. The van der Waals surface area contributed by atoms with Crippen LogP contribution in [0.2, 0.25) is 0 Å². The van der Waals surface area contributed by atoms with Crippen LogP contribution >= 0.6 is 0 Å². The van der Waals surface area contributed by atoms with Crippen molar-refractivity contribution < 1.29 is 19.4 Å². The molecule has 1 aromatic rings. The lowest BCUT2D eigenvalue weighted by Gasteiger charge is -2.51. The number of hydrogen-bond acceptors (Lipinski definition) is 3. The van der Waals surface area contributed by atoms with Crippen molar-refractivity contribution in [1.29, 1.82) is 0 Å². The molecule has 4 nitrogen and oxygen atoms in total. The Balaban J connectivity index is 1.72. The highest BCUT2D eigenvalue weighted by Crippen LogP contribution is 2.60. The number of carbonyl (C=O) groups excluding carboxylic acids is 1. The van der Waals surface area contributed by atoms with Gasteiger partial charge in [0.15, 0.2) is 0 Å². The topological polar surface area (TPSA) is 63.6 Å². The fourth-order valence-corrected chi connectivity index (χ4v) is 5.97. The minimum Gasteiger partial charge on any atom is -0.481 e. The van der Waals surface area contributed by atoms with Crippen molar-refractivity contribution in [3.8, 4) is 0 Å². The van der Waals surface area contributed by atoms with Crippen LogP contribution in [0.5, 0.6) is 0 Å². The molecule has 0 aromatic heterocycles. The minimum absolute atomic E-state index is 0.0673. The number of aryl methyl sites for hydroxylation is 1. The largest absolute Gasteiger partial charge is 0.481 e. The highest BCUT2D eigenvalue weighted by Gasteiger charge is 2.57. The first kappa shape index (κ1) is 16.8. The van der Waals surface area contributed by atoms with Crippen LogP contribution in [0.3, 0.4) is 0 Å². The average Bonchev–Trinajstić information content (AvgIpc) is 2.88. The first-order chi connectivity index (χ1) is 11.9. The number of methoxy groups -OCH3 is 1. The summed E-state index contributed by atoms with van der Waals surface area (Å²) in [6.07, 6.45) is 4.72. The molecule has 0 bridgehead atoms. The Morgan fingerprint density at radius 2 is 2.12 bits per heavy atom. The molecule has 0 unspecified atom stereocenters. The Bertz CT molecular complexity index is 725. The second-order valence-electron chi connectivity index (χ2n) is 8.30. The maximum Gasteiger partial charge on any atom is 0.307 e. The number of carbonyl (C=O) groups is 2. The van der Waals surface area contributed by atoms with Crippen LogP contribution in [-0.2, 0) is 27.2 Å². The van der Waals surface area contributed by atoms with E-state index in [0.29, 0.717) is 30.0 Å². The number of ether oxygens (including phenoxy) is 1. The van der Waals surface area contributed by atoms with Crippen LogP contribution in [0.4, 0.5) is 0 Å². The first-order valence-electron chi connectivity index (χ1n) is 9.33. The molecule has 2 saturated carbocycles. The molecule has 25 heavy (non-hydrogen) atoms. The predicted molar refractivity (Wildman–Crippen MR) is 93.6 cm³/mol. The normalized spacial score (nSPS) is 36.5. The van der Waals surface area contributed by atoms with E-state index in [4.69, 9.17) is 9.84 Å². The van der Waals surface area contributed by atoms with Gasteiger partial charge >= 0.3 is 5.97 Å². The summed E-state index contributed by atoms with van der Waals surface area (Å²) in [5, 5.41) is 9.04. The molecule has 2 fully saturated rings. The highest BCUT2D eigenvalue weighted by molar-refractivity contribution is 5.87. The molecule has 4 heteroatoms. The van der Waals surface area contributed by atoms with Gasteiger partial charge in [0.25, 0.3) is 0 Å². The van der Waals surface area contributed by atoms with E-state index in [1.807, 2.05) is 6.07 Å². The number of carboxylic acid groups (broad SMARTS) is 1. The molecule has 0 spiro atoms. The maximum atomic E-state index is 12.5. The summed E-state index contributed by atoms with van der Waals surface area (Å²) in [6, 6.07) is 6.14. The van der Waals surface area contributed by atoms with E-state index in [1.165, 1.54) is 11.1 Å². The van der Waals surface area contributed by atoms with E-state index in [2.05, 4.69) is 19.1 Å². The van der Waals surface area contributed by atoms with E-state index in [0.717, 1.165) is 31.2 Å². The molecular formula is C21H26O4. The van der Waals surface area contributed by atoms with Crippen LogP contribution in [0.15, 0.2) is 18.2 Å². The number of fused-ring (bicyclic) bond motifs is 5. The number of benzene rings is 1. The SMILES string of the molecule is CO[C@H]1C[C@]2(C)C(=O)CC[C@H]2[C@@H]2CCc3cc(CC(=O)O)ccc3[C@H]21. The van der Waals surface area contributed by atoms with Gasteiger partial charge in [-0.15, -0.1) is 0 Å². The molecule has 1 N–H and O–H groups in total. The van der Waals surface area contributed by atoms with E-state index in [9.17, 15) is 9.59 Å². The summed E-state index contributed by atoms with van der Waals surface area (Å²) in [5.74, 6) is 0.912. The van der Waals surface area contributed by atoms with Crippen molar-refractivity contribution >= 4 is 11.8 Å². The second kappa shape index (κ2) is 5.94. The summed E-state index contributed by atoms with van der Waals surface area (Å²) < 4.78 is 5.89. The van der Waals surface area contributed by atoms with Gasteiger partial charge in [0.2, 0.25) is 0 Å². The van der Waals surface area contributed by atoms with E-state index in [-0.39, 0.29) is 17.9 Å². The van der Waals surface area contributed by atoms with Gasteiger partial charge in [0.1, 0.15) is 5.78 Å². The van der Waals surface area contributed by atoms with Gasteiger partial charge in [-0.05, 0) is 54.2 Å². The number of rotatable bonds is 3. The van der Waals surface area contributed by atoms with Crippen molar-refractivity contribution in [2.24, 2.45) is 17.3 Å². The van der Waals surface area contributed by atoms with Crippen LogP contribution in [0.25, 0.3) is 0 Å². The van der Waals surface area contributed by atoms with Crippen molar-refractivity contribution in [2.45, 2.75) is 57.5 Å². The zero-order chi connectivity index (χ0) is 17.8. The molecule has 134 valence electrons. The van der Waals surface area contributed by atoms with Gasteiger partial charge in [-0.2, -0.15) is 0 Å². The Hall–Kier alpha value is -1.68. The van der Waals surface area contributed by atoms with Crippen LogP contribution in [-0.4, -0.2) is 30.1 Å². The number of aliphatic carboxylic acids is 1. The second-order valence-corrected chi connectivity index (χ2v) is 8.30. The molecule has 0 saturated heterocycles. The van der Waals surface area contributed by atoms with Crippen molar-refractivity contribution in [2.75, 3.05) is 7.11 Å². The van der Waals surface area contributed by atoms with Crippen molar-refractivity contribution in [3.63, 3.8) is 0 Å². The van der Waals surface area contributed by atoms with Crippen molar-refractivity contribution in [3.05, 3.63) is 34.9 Å². The molecule has 0 amide bonds. The quantitative estimate of drug-likeness (QED) is 0.915. The lowest BCUT2D eigenvalue weighted by atomic mass is 9.54.